The van der Waals surface area contributed by atoms with Gasteiger partial charge in [-0.2, -0.15) is 5.26 Å². The summed E-state index contributed by atoms with van der Waals surface area (Å²) in [4.78, 5) is 5.27. The number of para-hydroxylation sites is 2. The normalized spacial score (nSPS) is 11.5. The number of aryl methyl sites for hydroxylation is 2. The fourth-order valence-electron chi connectivity index (χ4n) is 8.31. The van der Waals surface area contributed by atoms with Crippen molar-refractivity contribution in [3.05, 3.63) is 187 Å². The maximum atomic E-state index is 9.98. The number of pyridine rings is 1. The molecule has 3 heterocycles. The Kier molecular flexibility index (Phi) is 7.28. The summed E-state index contributed by atoms with van der Waals surface area (Å²) in [7, 11) is 0. The van der Waals surface area contributed by atoms with E-state index in [1.54, 1.807) is 0 Å². The first-order valence-electron chi connectivity index (χ1n) is 18.3. The van der Waals surface area contributed by atoms with Crippen molar-refractivity contribution in [1.82, 2.24) is 14.1 Å². The number of nitriles is 1. The first-order valence-corrected chi connectivity index (χ1v) is 18.3. The van der Waals surface area contributed by atoms with E-state index >= 15 is 0 Å². The molecule has 54 heavy (non-hydrogen) atoms. The van der Waals surface area contributed by atoms with Crippen LogP contribution in [0.5, 0.6) is 0 Å². The Labute approximate surface area is 313 Å². The van der Waals surface area contributed by atoms with Crippen LogP contribution >= 0.6 is 0 Å². The molecule has 254 valence electrons. The molecule has 10 aromatic rings. The van der Waals surface area contributed by atoms with Crippen molar-refractivity contribution in [2.75, 3.05) is 0 Å². The zero-order valence-electron chi connectivity index (χ0n) is 30.0. The van der Waals surface area contributed by atoms with E-state index in [0.29, 0.717) is 5.56 Å². The van der Waals surface area contributed by atoms with Crippen molar-refractivity contribution in [3.8, 4) is 51.0 Å². The van der Waals surface area contributed by atoms with Crippen LogP contribution in [-0.2, 0) is 0 Å². The minimum atomic E-state index is 0.613. The molecule has 0 bridgehead atoms. The molecule has 0 aliphatic rings. The third kappa shape index (κ3) is 4.94. The minimum absolute atomic E-state index is 0.613. The summed E-state index contributed by atoms with van der Waals surface area (Å²) in [5.41, 5.74) is 15.2. The van der Waals surface area contributed by atoms with Gasteiger partial charge >= 0.3 is 0 Å². The van der Waals surface area contributed by atoms with Gasteiger partial charge in [-0.1, -0.05) is 109 Å². The average Bonchev–Trinajstić information content (AvgIpc) is 3.73. The Morgan fingerprint density at radius 2 is 0.963 bits per heavy atom. The lowest BCUT2D eigenvalue weighted by molar-refractivity contribution is 1.06. The summed E-state index contributed by atoms with van der Waals surface area (Å²) >= 11 is 0. The molecule has 0 unspecified atom stereocenters. The third-order valence-electron chi connectivity index (χ3n) is 10.9. The van der Waals surface area contributed by atoms with E-state index in [4.69, 9.17) is 4.98 Å². The predicted octanol–water partition coefficient (Wildman–Crippen LogP) is 12.8. The maximum Gasteiger partial charge on any atom is 0.138 e. The second-order valence-electron chi connectivity index (χ2n) is 14.1. The zero-order valence-corrected chi connectivity index (χ0v) is 30.0. The van der Waals surface area contributed by atoms with Gasteiger partial charge < -0.3 is 4.57 Å². The molecule has 0 aliphatic heterocycles. The van der Waals surface area contributed by atoms with Gasteiger partial charge in [-0.05, 0) is 107 Å². The SMILES string of the molecule is Cc1ccccc1-c1ccc2c(c1)c1ccccc1n2-c1cc(-c2cccc(C#N)c2)c(-n2c3ccccc3c3cc(-c4ccccc4C)ccc32)cn1. The Morgan fingerprint density at radius 3 is 1.57 bits per heavy atom. The molecule has 0 amide bonds. The molecule has 0 N–H and O–H groups in total. The van der Waals surface area contributed by atoms with Crippen LogP contribution in [0.2, 0.25) is 0 Å². The average molecular weight is 691 g/mol. The molecule has 0 atom stereocenters. The summed E-state index contributed by atoms with van der Waals surface area (Å²) < 4.78 is 4.60. The fourth-order valence-corrected chi connectivity index (χ4v) is 8.31. The second-order valence-corrected chi connectivity index (χ2v) is 14.1. The van der Waals surface area contributed by atoms with Gasteiger partial charge in [0.2, 0.25) is 0 Å². The highest BCUT2D eigenvalue weighted by Gasteiger charge is 2.20. The smallest absolute Gasteiger partial charge is 0.138 e. The standard InChI is InChI=1S/C50H34N4/c1-32-12-3-5-16-38(32)36-22-24-47-43(27-36)40-18-7-9-20-45(40)53(47)49-31-52-50(29-42(49)35-15-11-14-34(26-35)30-51)54-46-21-10-8-19-41(46)44-28-37(23-25-48(44)54)39-17-6-4-13-33(39)2/h3-29,31H,1-2H3. The highest BCUT2D eigenvalue weighted by Crippen LogP contribution is 2.40. The molecule has 4 heteroatoms. The third-order valence-corrected chi connectivity index (χ3v) is 10.9. The highest BCUT2D eigenvalue weighted by molar-refractivity contribution is 6.12. The Balaban J connectivity index is 1.23. The number of aromatic nitrogens is 3. The van der Waals surface area contributed by atoms with E-state index in [2.05, 4.69) is 175 Å². The molecular formula is C50H34N4. The predicted molar refractivity (Wildman–Crippen MR) is 223 cm³/mol. The lowest BCUT2D eigenvalue weighted by Crippen LogP contribution is -2.03. The van der Waals surface area contributed by atoms with Gasteiger partial charge in [-0.15, -0.1) is 0 Å². The van der Waals surface area contributed by atoms with Gasteiger partial charge in [0.1, 0.15) is 5.82 Å². The van der Waals surface area contributed by atoms with Crippen LogP contribution < -0.4 is 0 Å². The van der Waals surface area contributed by atoms with Gasteiger partial charge in [0.15, 0.2) is 0 Å². The number of fused-ring (bicyclic) bond motifs is 6. The number of rotatable bonds is 5. The monoisotopic (exact) mass is 690 g/mol. The van der Waals surface area contributed by atoms with Crippen LogP contribution in [0, 0.1) is 25.2 Å². The number of nitrogens with zero attached hydrogens (tertiary/aromatic N) is 4. The topological polar surface area (TPSA) is 46.5 Å². The molecule has 0 radical (unpaired) electrons. The second kappa shape index (κ2) is 12.5. The van der Waals surface area contributed by atoms with E-state index < -0.39 is 0 Å². The van der Waals surface area contributed by atoms with Gasteiger partial charge in [0.05, 0.1) is 45.6 Å². The number of hydrogen-bond donors (Lipinski definition) is 0. The van der Waals surface area contributed by atoms with Crippen LogP contribution in [0.15, 0.2) is 170 Å². The van der Waals surface area contributed by atoms with E-state index in [1.165, 1.54) is 54.9 Å². The Hall–Kier alpha value is -7.22. The lowest BCUT2D eigenvalue weighted by atomic mass is 9.99. The largest absolute Gasteiger partial charge is 0.307 e. The Morgan fingerprint density at radius 1 is 0.444 bits per heavy atom. The summed E-state index contributed by atoms with van der Waals surface area (Å²) in [6.07, 6.45) is 2.01. The van der Waals surface area contributed by atoms with E-state index in [1.807, 2.05) is 24.4 Å². The molecular weight excluding hydrogens is 657 g/mol. The summed E-state index contributed by atoms with van der Waals surface area (Å²) in [5.74, 6) is 0.813. The van der Waals surface area contributed by atoms with Crippen molar-refractivity contribution in [1.29, 1.82) is 5.26 Å². The summed E-state index contributed by atoms with van der Waals surface area (Å²) in [6, 6.07) is 60.2. The Bertz CT molecular complexity index is 3150. The molecule has 0 saturated heterocycles. The van der Waals surface area contributed by atoms with Crippen molar-refractivity contribution < 1.29 is 0 Å². The van der Waals surface area contributed by atoms with Crippen LogP contribution in [0.4, 0.5) is 0 Å². The highest BCUT2D eigenvalue weighted by atomic mass is 15.1. The zero-order chi connectivity index (χ0) is 36.3. The van der Waals surface area contributed by atoms with Gasteiger partial charge in [0, 0.05) is 27.1 Å². The molecule has 10 rings (SSSR count). The minimum Gasteiger partial charge on any atom is -0.307 e. The van der Waals surface area contributed by atoms with Crippen LogP contribution in [0.1, 0.15) is 16.7 Å². The molecule has 3 aromatic heterocycles. The van der Waals surface area contributed by atoms with Crippen LogP contribution in [-0.4, -0.2) is 14.1 Å². The van der Waals surface area contributed by atoms with Gasteiger partial charge in [0.25, 0.3) is 0 Å². The van der Waals surface area contributed by atoms with E-state index in [-0.39, 0.29) is 0 Å². The molecule has 0 fully saturated rings. The quantitative estimate of drug-likeness (QED) is 0.180. The van der Waals surface area contributed by atoms with Gasteiger partial charge in [-0.3, -0.25) is 4.57 Å². The first-order chi connectivity index (χ1) is 26.6. The lowest BCUT2D eigenvalue weighted by Gasteiger charge is -2.17. The maximum absolute atomic E-state index is 9.98. The van der Waals surface area contributed by atoms with E-state index in [0.717, 1.165) is 44.7 Å². The molecule has 7 aromatic carbocycles. The van der Waals surface area contributed by atoms with Crippen LogP contribution in [0.3, 0.4) is 0 Å². The number of hydrogen-bond acceptors (Lipinski definition) is 2. The molecule has 0 aliphatic carbocycles. The van der Waals surface area contributed by atoms with Gasteiger partial charge in [-0.25, -0.2) is 4.98 Å². The first kappa shape index (κ1) is 31.5. The van der Waals surface area contributed by atoms with E-state index in [9.17, 15) is 5.26 Å². The van der Waals surface area contributed by atoms with Crippen molar-refractivity contribution in [2.45, 2.75) is 13.8 Å². The molecule has 0 spiro atoms. The number of benzene rings is 7. The summed E-state index contributed by atoms with van der Waals surface area (Å²) in [5, 5.41) is 14.7. The fraction of sp³-hybridized carbons (Fsp3) is 0.0400. The van der Waals surface area contributed by atoms with Crippen molar-refractivity contribution in [2.24, 2.45) is 0 Å². The van der Waals surface area contributed by atoms with Crippen molar-refractivity contribution in [3.63, 3.8) is 0 Å². The van der Waals surface area contributed by atoms with Crippen LogP contribution in [0.25, 0.3) is 88.5 Å². The summed E-state index contributed by atoms with van der Waals surface area (Å²) in [6.45, 7) is 4.33. The molecule has 4 nitrogen and oxygen atoms in total. The van der Waals surface area contributed by atoms with Crippen molar-refractivity contribution >= 4 is 43.6 Å². The molecule has 0 saturated carbocycles.